The molecule has 1 N–H and O–H groups in total. The molecule has 54 valence electrons. The first-order chi connectivity index (χ1) is 4.85. The lowest BCUT2D eigenvalue weighted by Gasteiger charge is -2.10. The Bertz CT molecular complexity index is 206. The predicted octanol–water partition coefficient (Wildman–Crippen LogP) is 0.449. The van der Waals surface area contributed by atoms with Gasteiger partial charge >= 0.3 is 6.02 Å². The van der Waals surface area contributed by atoms with Crippen LogP contribution in [-0.4, -0.2) is 18.8 Å². The van der Waals surface area contributed by atoms with E-state index in [1.807, 2.05) is 0 Å². The summed E-state index contributed by atoms with van der Waals surface area (Å²) in [4.78, 5) is 4.17. The van der Waals surface area contributed by atoms with E-state index in [-0.39, 0.29) is 5.66 Å². The van der Waals surface area contributed by atoms with Gasteiger partial charge < -0.3 is 4.74 Å². The molecule has 1 heterocycles. The summed E-state index contributed by atoms with van der Waals surface area (Å²) in [6.07, 6.45) is 1.98. The number of amidine groups is 1. The number of nitrogens with zero attached hydrogens (tertiary/aromatic N) is 3. The summed E-state index contributed by atoms with van der Waals surface area (Å²) in [5, 5.41) is 7.58. The Morgan fingerprint density at radius 2 is 2.40 bits per heavy atom. The smallest absolute Gasteiger partial charge is 0.309 e. The van der Waals surface area contributed by atoms with E-state index in [1.165, 1.54) is 0 Å². The van der Waals surface area contributed by atoms with Gasteiger partial charge in [-0.05, 0) is 12.8 Å². The van der Waals surface area contributed by atoms with Crippen molar-refractivity contribution in [1.82, 2.24) is 5.43 Å². The van der Waals surface area contributed by atoms with E-state index in [2.05, 4.69) is 20.8 Å². The monoisotopic (exact) mass is 140 g/mol. The minimum atomic E-state index is -0.239. The van der Waals surface area contributed by atoms with Gasteiger partial charge in [0.25, 0.3) is 0 Å². The molecule has 2 rings (SSSR count). The summed E-state index contributed by atoms with van der Waals surface area (Å²) in [7, 11) is 1.56. The zero-order valence-corrected chi connectivity index (χ0v) is 5.66. The molecular formula is C5H8N4O. The van der Waals surface area contributed by atoms with Crippen LogP contribution in [0.1, 0.15) is 12.8 Å². The van der Waals surface area contributed by atoms with Crippen molar-refractivity contribution in [2.24, 2.45) is 15.3 Å². The molecule has 1 fully saturated rings. The topological polar surface area (TPSA) is 58.3 Å². The fraction of sp³-hybridized carbons (Fsp3) is 0.800. The average molecular weight is 140 g/mol. The zero-order valence-electron chi connectivity index (χ0n) is 5.66. The van der Waals surface area contributed by atoms with Gasteiger partial charge in [-0.2, -0.15) is 0 Å². The van der Waals surface area contributed by atoms with Crippen molar-refractivity contribution in [2.75, 3.05) is 7.11 Å². The van der Waals surface area contributed by atoms with E-state index in [4.69, 9.17) is 4.74 Å². The molecule has 5 heteroatoms. The molecule has 0 radical (unpaired) electrons. The van der Waals surface area contributed by atoms with Crippen LogP contribution in [0.15, 0.2) is 15.3 Å². The van der Waals surface area contributed by atoms with Crippen LogP contribution in [0.3, 0.4) is 0 Å². The third kappa shape index (κ3) is 0.741. The van der Waals surface area contributed by atoms with Crippen LogP contribution >= 0.6 is 0 Å². The normalized spacial score (nSPS) is 25.5. The van der Waals surface area contributed by atoms with Crippen molar-refractivity contribution in [3.63, 3.8) is 0 Å². The van der Waals surface area contributed by atoms with Gasteiger partial charge in [0.15, 0.2) is 5.66 Å². The van der Waals surface area contributed by atoms with E-state index >= 15 is 0 Å². The lowest BCUT2D eigenvalue weighted by molar-refractivity contribution is 0.361. The number of hydrogen-bond donors (Lipinski definition) is 1. The molecule has 0 aromatic heterocycles. The Hall–Kier alpha value is -1.13. The molecular weight excluding hydrogens is 132 g/mol. The van der Waals surface area contributed by atoms with Gasteiger partial charge in [0.1, 0.15) is 0 Å². The Kier molecular flexibility index (Phi) is 0.947. The third-order valence-corrected chi connectivity index (χ3v) is 1.58. The number of ether oxygens (including phenoxy) is 1. The number of rotatable bonds is 0. The Balaban J connectivity index is 2.17. The maximum Gasteiger partial charge on any atom is 0.309 e. The molecule has 2 aliphatic rings. The largest absolute Gasteiger partial charge is 0.467 e. The first-order valence-corrected chi connectivity index (χ1v) is 3.16. The highest BCUT2D eigenvalue weighted by atomic mass is 16.5. The molecule has 0 aromatic rings. The van der Waals surface area contributed by atoms with Gasteiger partial charge in [-0.1, -0.05) is 5.22 Å². The Morgan fingerprint density at radius 3 is 3.00 bits per heavy atom. The molecule has 0 saturated heterocycles. The lowest BCUT2D eigenvalue weighted by Crippen LogP contribution is -2.26. The fourth-order valence-electron chi connectivity index (χ4n) is 0.812. The maximum absolute atomic E-state index is 4.85. The standard InChI is InChI=1S/C5H8N4O/c1-10-4-6-5(2-3-5)8-9-7-4/h2-3H2,1H3,(H,6,7,8). The van der Waals surface area contributed by atoms with E-state index in [0.717, 1.165) is 12.8 Å². The second-order valence-electron chi connectivity index (χ2n) is 2.42. The molecule has 0 atom stereocenters. The van der Waals surface area contributed by atoms with E-state index in [9.17, 15) is 0 Å². The predicted molar refractivity (Wildman–Crippen MR) is 34.4 cm³/mol. The summed E-state index contributed by atoms with van der Waals surface area (Å²) >= 11 is 0. The van der Waals surface area contributed by atoms with Crippen LogP contribution in [0.2, 0.25) is 0 Å². The average Bonchev–Trinajstić information content (AvgIpc) is 2.70. The van der Waals surface area contributed by atoms with Crippen molar-refractivity contribution in [2.45, 2.75) is 18.5 Å². The molecule has 1 spiro atoms. The van der Waals surface area contributed by atoms with Gasteiger partial charge in [0.05, 0.1) is 7.11 Å². The van der Waals surface area contributed by atoms with Gasteiger partial charge in [-0.15, -0.1) is 5.11 Å². The lowest BCUT2D eigenvalue weighted by atomic mass is 10.5. The first-order valence-electron chi connectivity index (χ1n) is 3.16. The molecule has 0 aromatic carbocycles. The molecule has 0 unspecified atom stereocenters. The van der Waals surface area contributed by atoms with Gasteiger partial charge in [0.2, 0.25) is 0 Å². The second-order valence-corrected chi connectivity index (χ2v) is 2.42. The molecule has 10 heavy (non-hydrogen) atoms. The van der Waals surface area contributed by atoms with Crippen molar-refractivity contribution in [3.8, 4) is 0 Å². The number of hydrogen-bond acceptors (Lipinski definition) is 5. The summed E-state index contributed by atoms with van der Waals surface area (Å²) in [5.41, 5.74) is 2.31. The van der Waals surface area contributed by atoms with E-state index in [0.29, 0.717) is 6.02 Å². The summed E-state index contributed by atoms with van der Waals surface area (Å²) in [5.74, 6) is 0. The summed E-state index contributed by atoms with van der Waals surface area (Å²) < 4.78 is 4.85. The van der Waals surface area contributed by atoms with Crippen molar-refractivity contribution in [1.29, 1.82) is 0 Å². The minimum Gasteiger partial charge on any atom is -0.467 e. The number of methoxy groups -OCH3 is 1. The summed E-state index contributed by atoms with van der Waals surface area (Å²) in [6, 6.07) is 0.465. The van der Waals surface area contributed by atoms with Gasteiger partial charge in [0, 0.05) is 0 Å². The van der Waals surface area contributed by atoms with E-state index < -0.39 is 0 Å². The molecule has 1 aliphatic carbocycles. The SMILES string of the molecule is COC1=NC2(CC2)N=NN1. The highest BCUT2D eigenvalue weighted by Gasteiger charge is 2.45. The van der Waals surface area contributed by atoms with Crippen LogP contribution in [0.5, 0.6) is 0 Å². The molecule has 1 aliphatic heterocycles. The van der Waals surface area contributed by atoms with E-state index in [1.54, 1.807) is 7.11 Å². The van der Waals surface area contributed by atoms with Crippen LogP contribution in [-0.2, 0) is 4.74 Å². The van der Waals surface area contributed by atoms with Gasteiger partial charge in [-0.25, -0.2) is 10.4 Å². The van der Waals surface area contributed by atoms with Crippen LogP contribution < -0.4 is 5.43 Å². The Labute approximate surface area is 58.2 Å². The second kappa shape index (κ2) is 1.68. The van der Waals surface area contributed by atoms with Crippen LogP contribution in [0.4, 0.5) is 0 Å². The molecule has 0 amide bonds. The highest BCUT2D eigenvalue weighted by Crippen LogP contribution is 2.42. The zero-order chi connectivity index (χ0) is 7.03. The highest BCUT2D eigenvalue weighted by molar-refractivity contribution is 5.74. The molecule has 1 saturated carbocycles. The number of nitrogens with one attached hydrogen (secondary N) is 1. The van der Waals surface area contributed by atoms with Crippen molar-refractivity contribution in [3.05, 3.63) is 0 Å². The minimum absolute atomic E-state index is 0.239. The maximum atomic E-state index is 4.85. The Morgan fingerprint density at radius 1 is 1.60 bits per heavy atom. The van der Waals surface area contributed by atoms with Gasteiger partial charge in [-0.3, -0.25) is 0 Å². The third-order valence-electron chi connectivity index (χ3n) is 1.58. The first kappa shape index (κ1) is 5.64. The van der Waals surface area contributed by atoms with Crippen LogP contribution in [0, 0.1) is 0 Å². The van der Waals surface area contributed by atoms with Crippen molar-refractivity contribution >= 4 is 6.02 Å². The van der Waals surface area contributed by atoms with Crippen LogP contribution in [0.25, 0.3) is 0 Å². The fourth-order valence-corrected chi connectivity index (χ4v) is 0.812. The van der Waals surface area contributed by atoms with Crippen molar-refractivity contribution < 1.29 is 4.74 Å². The summed E-state index contributed by atoms with van der Waals surface area (Å²) in [6.45, 7) is 0. The quantitative estimate of drug-likeness (QED) is 0.531. The molecule has 5 nitrogen and oxygen atoms in total. The number of aliphatic imine (C=N–C) groups is 1. The molecule has 0 bridgehead atoms.